The number of hydrogen-bond acceptors (Lipinski definition) is 3. The van der Waals surface area contributed by atoms with Gasteiger partial charge in [0.25, 0.3) is 5.56 Å². The van der Waals surface area contributed by atoms with Crippen LogP contribution in [0.4, 0.5) is 0 Å². The first-order chi connectivity index (χ1) is 9.19. The Morgan fingerprint density at radius 2 is 2.21 bits per heavy atom. The highest BCUT2D eigenvalue weighted by Gasteiger charge is 2.35. The molecule has 2 aliphatic rings. The van der Waals surface area contributed by atoms with Gasteiger partial charge >= 0.3 is 0 Å². The zero-order valence-corrected chi connectivity index (χ0v) is 11.1. The molecule has 0 radical (unpaired) electrons. The highest BCUT2D eigenvalue weighted by atomic mass is 16.2. The van der Waals surface area contributed by atoms with Crippen molar-refractivity contribution >= 4 is 5.91 Å². The fourth-order valence-electron chi connectivity index (χ4n) is 3.36. The average molecular weight is 261 g/mol. The third kappa shape index (κ3) is 2.18. The van der Waals surface area contributed by atoms with E-state index in [1.807, 2.05) is 21.6 Å². The van der Waals surface area contributed by atoms with Gasteiger partial charge < -0.3 is 14.8 Å². The Kier molecular flexibility index (Phi) is 3.14. The summed E-state index contributed by atoms with van der Waals surface area (Å²) in [6.07, 6.45) is 1.09. The molecule has 5 nitrogen and oxygen atoms in total. The first-order valence-electron chi connectivity index (χ1n) is 6.81. The van der Waals surface area contributed by atoms with Crippen molar-refractivity contribution in [3.05, 3.63) is 34.2 Å². The van der Waals surface area contributed by atoms with Gasteiger partial charge in [-0.05, 0) is 25.5 Å². The van der Waals surface area contributed by atoms with Crippen LogP contribution in [-0.4, -0.2) is 42.1 Å². The minimum Gasteiger partial charge on any atom is -0.341 e. The summed E-state index contributed by atoms with van der Waals surface area (Å²) in [5.41, 5.74) is 1.17. The van der Waals surface area contributed by atoms with E-state index >= 15 is 0 Å². The summed E-state index contributed by atoms with van der Waals surface area (Å²) in [6.45, 7) is 2.65. The van der Waals surface area contributed by atoms with Gasteiger partial charge in [-0.2, -0.15) is 0 Å². The SMILES string of the molecule is CNCC(=O)N1C[C@H]2C[C@H](C1)c1cccc(=O)n1C2. The lowest BCUT2D eigenvalue weighted by atomic mass is 9.83. The minimum atomic E-state index is 0.0854. The standard InChI is InChI=1S/C14H19N3O2/c1-15-6-14(19)16-7-10-5-11(9-16)12-3-2-4-13(18)17(12)8-10/h2-4,10-11,15H,5-9H2,1H3/t10-,11-/m1/s1. The van der Waals surface area contributed by atoms with Gasteiger partial charge in [0.05, 0.1) is 6.54 Å². The van der Waals surface area contributed by atoms with E-state index in [1.54, 1.807) is 13.1 Å². The Labute approximate surface area is 112 Å². The molecule has 1 N–H and O–H groups in total. The fraction of sp³-hybridized carbons (Fsp3) is 0.571. The average Bonchev–Trinajstić information content (AvgIpc) is 2.40. The predicted molar refractivity (Wildman–Crippen MR) is 72.1 cm³/mol. The third-order valence-corrected chi connectivity index (χ3v) is 4.16. The maximum atomic E-state index is 12.0. The number of pyridine rings is 1. The van der Waals surface area contributed by atoms with Gasteiger partial charge in [-0.1, -0.05) is 6.07 Å². The van der Waals surface area contributed by atoms with Gasteiger partial charge in [0.2, 0.25) is 5.91 Å². The van der Waals surface area contributed by atoms with Crippen LogP contribution in [0, 0.1) is 5.92 Å². The zero-order valence-electron chi connectivity index (χ0n) is 11.1. The number of nitrogens with zero attached hydrogens (tertiary/aromatic N) is 2. The van der Waals surface area contributed by atoms with Gasteiger partial charge in [-0.3, -0.25) is 9.59 Å². The molecule has 0 saturated carbocycles. The van der Waals surface area contributed by atoms with Crippen LogP contribution in [0.1, 0.15) is 18.0 Å². The molecular formula is C14H19N3O2. The summed E-state index contributed by atoms with van der Waals surface area (Å²) in [5.74, 6) is 0.873. The maximum absolute atomic E-state index is 12.0. The van der Waals surface area contributed by atoms with E-state index in [0.29, 0.717) is 18.4 Å². The first-order valence-corrected chi connectivity index (χ1v) is 6.81. The lowest BCUT2D eigenvalue weighted by Crippen LogP contribution is -2.50. The Morgan fingerprint density at radius 3 is 3.00 bits per heavy atom. The van der Waals surface area contributed by atoms with Gasteiger partial charge in [-0.15, -0.1) is 0 Å². The Balaban J connectivity index is 1.88. The van der Waals surface area contributed by atoms with Crippen LogP contribution in [0.3, 0.4) is 0 Å². The van der Waals surface area contributed by atoms with Crippen molar-refractivity contribution in [2.75, 3.05) is 26.7 Å². The molecule has 1 aromatic rings. The van der Waals surface area contributed by atoms with Crippen LogP contribution in [0.15, 0.2) is 23.0 Å². The first kappa shape index (κ1) is 12.4. The molecule has 3 heterocycles. The number of aromatic nitrogens is 1. The predicted octanol–water partition coefficient (Wildman–Crippen LogP) is 0.0134. The molecule has 2 aliphatic heterocycles. The van der Waals surface area contributed by atoms with E-state index in [9.17, 15) is 9.59 Å². The second-order valence-corrected chi connectivity index (χ2v) is 5.53. The van der Waals surface area contributed by atoms with Gasteiger partial charge in [-0.25, -0.2) is 0 Å². The van der Waals surface area contributed by atoms with E-state index in [4.69, 9.17) is 0 Å². The Morgan fingerprint density at radius 1 is 1.37 bits per heavy atom. The maximum Gasteiger partial charge on any atom is 0.250 e. The van der Waals surface area contributed by atoms with Crippen molar-refractivity contribution in [2.45, 2.75) is 18.9 Å². The molecule has 0 aromatic carbocycles. The quantitative estimate of drug-likeness (QED) is 0.816. The number of hydrogen-bond donors (Lipinski definition) is 1. The fourth-order valence-corrected chi connectivity index (χ4v) is 3.36. The Bertz CT molecular complexity index is 552. The van der Waals surface area contributed by atoms with Crippen molar-refractivity contribution in [1.29, 1.82) is 0 Å². The molecule has 1 fully saturated rings. The highest BCUT2D eigenvalue weighted by molar-refractivity contribution is 5.78. The molecule has 5 heteroatoms. The lowest BCUT2D eigenvalue weighted by molar-refractivity contribution is -0.132. The van der Waals surface area contributed by atoms with Crippen LogP contribution < -0.4 is 10.9 Å². The van der Waals surface area contributed by atoms with Crippen molar-refractivity contribution in [3.8, 4) is 0 Å². The number of fused-ring (bicyclic) bond motifs is 4. The lowest BCUT2D eigenvalue weighted by Gasteiger charge is -2.42. The smallest absolute Gasteiger partial charge is 0.250 e. The zero-order chi connectivity index (χ0) is 13.4. The van der Waals surface area contributed by atoms with Crippen molar-refractivity contribution in [1.82, 2.24) is 14.8 Å². The number of carbonyl (C=O) groups excluding carboxylic acids is 1. The van der Waals surface area contributed by atoms with E-state index in [1.165, 1.54) is 0 Å². The molecule has 1 aromatic heterocycles. The van der Waals surface area contributed by atoms with E-state index in [0.717, 1.165) is 31.7 Å². The molecule has 1 amide bonds. The number of piperidine rings is 1. The van der Waals surface area contributed by atoms with E-state index in [2.05, 4.69) is 5.32 Å². The monoisotopic (exact) mass is 261 g/mol. The summed E-state index contributed by atoms with van der Waals surface area (Å²) in [6, 6.07) is 5.46. The molecule has 19 heavy (non-hydrogen) atoms. The molecule has 1 saturated heterocycles. The van der Waals surface area contributed by atoms with E-state index in [-0.39, 0.29) is 11.5 Å². The van der Waals surface area contributed by atoms with Gasteiger partial charge in [0.1, 0.15) is 0 Å². The van der Waals surface area contributed by atoms with Gasteiger partial charge in [0.15, 0.2) is 0 Å². The molecule has 0 spiro atoms. The van der Waals surface area contributed by atoms with Crippen LogP contribution >= 0.6 is 0 Å². The second kappa shape index (κ2) is 4.81. The molecule has 2 atom stereocenters. The number of nitrogens with one attached hydrogen (secondary N) is 1. The molecule has 3 rings (SSSR count). The van der Waals surface area contributed by atoms with Crippen molar-refractivity contribution < 1.29 is 4.79 Å². The van der Waals surface area contributed by atoms with Crippen molar-refractivity contribution in [3.63, 3.8) is 0 Å². The van der Waals surface area contributed by atoms with Crippen molar-refractivity contribution in [2.24, 2.45) is 5.92 Å². The topological polar surface area (TPSA) is 54.3 Å². The number of amides is 1. The number of rotatable bonds is 2. The second-order valence-electron chi connectivity index (χ2n) is 5.53. The number of likely N-dealkylation sites (tertiary alicyclic amines) is 1. The summed E-state index contributed by atoms with van der Waals surface area (Å²) in [4.78, 5) is 25.8. The Hall–Kier alpha value is -1.62. The normalized spacial score (nSPS) is 25.0. The van der Waals surface area contributed by atoms with Crippen LogP contribution in [0.2, 0.25) is 0 Å². The molecule has 102 valence electrons. The van der Waals surface area contributed by atoms with Crippen LogP contribution in [0.25, 0.3) is 0 Å². The van der Waals surface area contributed by atoms with Crippen LogP contribution in [-0.2, 0) is 11.3 Å². The summed E-state index contributed by atoms with van der Waals surface area (Å²) < 4.78 is 1.89. The van der Waals surface area contributed by atoms with E-state index < -0.39 is 0 Å². The summed E-state index contributed by atoms with van der Waals surface area (Å²) in [5, 5.41) is 2.91. The number of carbonyl (C=O) groups is 1. The van der Waals surface area contributed by atoms with Gasteiger partial charge in [0, 0.05) is 37.3 Å². The largest absolute Gasteiger partial charge is 0.341 e. The molecule has 2 bridgehead atoms. The molecule has 0 unspecified atom stereocenters. The highest BCUT2D eigenvalue weighted by Crippen LogP contribution is 2.34. The third-order valence-electron chi connectivity index (χ3n) is 4.16. The molecular weight excluding hydrogens is 242 g/mol. The minimum absolute atomic E-state index is 0.0854. The summed E-state index contributed by atoms with van der Waals surface area (Å²) >= 11 is 0. The molecule has 0 aliphatic carbocycles. The van der Waals surface area contributed by atoms with Crippen LogP contribution in [0.5, 0.6) is 0 Å². The number of likely N-dealkylation sites (N-methyl/N-ethyl adjacent to an activating group) is 1. The summed E-state index contributed by atoms with van der Waals surface area (Å²) in [7, 11) is 1.79.